The molecule has 2 fully saturated rings. The fraction of sp³-hybridized carbons (Fsp3) is 0.500. The lowest BCUT2D eigenvalue weighted by atomic mass is 9.84. The SMILES string of the molecule is COc1ccc(C2=NN(C(=O)CN(CCN3CCOCC3)C(=O)C3CCC3)[C@H](c3ccc(OC)cc3)C2)cc1. The molecule has 39 heavy (non-hydrogen) atoms. The first-order valence-electron chi connectivity index (χ1n) is 13.8. The second kappa shape index (κ2) is 12.6. The molecule has 0 spiro atoms. The summed E-state index contributed by atoms with van der Waals surface area (Å²) in [6.07, 6.45) is 3.45. The number of ether oxygens (including phenoxy) is 3. The Morgan fingerprint density at radius 1 is 0.974 bits per heavy atom. The summed E-state index contributed by atoms with van der Waals surface area (Å²) < 4.78 is 16.1. The molecule has 0 radical (unpaired) electrons. The summed E-state index contributed by atoms with van der Waals surface area (Å²) >= 11 is 0. The van der Waals surface area contributed by atoms with Gasteiger partial charge >= 0.3 is 0 Å². The zero-order valence-electron chi connectivity index (χ0n) is 22.9. The highest BCUT2D eigenvalue weighted by Crippen LogP contribution is 2.34. The summed E-state index contributed by atoms with van der Waals surface area (Å²) in [6, 6.07) is 15.2. The Kier molecular flexibility index (Phi) is 8.78. The van der Waals surface area contributed by atoms with Crippen LogP contribution in [-0.2, 0) is 14.3 Å². The van der Waals surface area contributed by atoms with Crippen molar-refractivity contribution < 1.29 is 23.8 Å². The van der Waals surface area contributed by atoms with E-state index in [9.17, 15) is 9.59 Å². The summed E-state index contributed by atoms with van der Waals surface area (Å²) in [4.78, 5) is 31.3. The number of methoxy groups -OCH3 is 2. The first kappa shape index (κ1) is 27.1. The fourth-order valence-electron chi connectivity index (χ4n) is 5.29. The molecule has 2 heterocycles. The predicted octanol–water partition coefficient (Wildman–Crippen LogP) is 3.34. The van der Waals surface area contributed by atoms with E-state index in [4.69, 9.17) is 19.3 Å². The maximum atomic E-state index is 13.9. The number of amides is 2. The normalized spacial score (nSPS) is 19.8. The minimum Gasteiger partial charge on any atom is -0.497 e. The molecule has 0 unspecified atom stereocenters. The van der Waals surface area contributed by atoms with E-state index in [1.165, 1.54) is 0 Å². The molecule has 208 valence electrons. The molecule has 1 atom stereocenters. The monoisotopic (exact) mass is 534 g/mol. The van der Waals surface area contributed by atoms with Gasteiger partial charge in [0.25, 0.3) is 5.91 Å². The van der Waals surface area contributed by atoms with Crippen molar-refractivity contribution in [2.45, 2.75) is 31.7 Å². The van der Waals surface area contributed by atoms with Crippen LogP contribution < -0.4 is 9.47 Å². The molecule has 1 saturated heterocycles. The van der Waals surface area contributed by atoms with Crippen LogP contribution in [0.3, 0.4) is 0 Å². The van der Waals surface area contributed by atoms with Crippen molar-refractivity contribution >= 4 is 17.5 Å². The highest BCUT2D eigenvalue weighted by Gasteiger charge is 2.36. The maximum Gasteiger partial charge on any atom is 0.262 e. The van der Waals surface area contributed by atoms with Gasteiger partial charge in [-0.3, -0.25) is 14.5 Å². The molecule has 9 heteroatoms. The third-order valence-electron chi connectivity index (χ3n) is 7.97. The van der Waals surface area contributed by atoms with Crippen molar-refractivity contribution in [3.8, 4) is 11.5 Å². The second-order valence-corrected chi connectivity index (χ2v) is 10.3. The van der Waals surface area contributed by atoms with Crippen LogP contribution in [0, 0.1) is 5.92 Å². The average Bonchev–Trinajstić information content (AvgIpc) is 3.40. The first-order chi connectivity index (χ1) is 19.1. The van der Waals surface area contributed by atoms with E-state index in [1.54, 1.807) is 24.1 Å². The first-order valence-corrected chi connectivity index (χ1v) is 13.8. The Bertz CT molecular complexity index is 1160. The third kappa shape index (κ3) is 6.42. The van der Waals surface area contributed by atoms with E-state index in [1.807, 2.05) is 48.5 Å². The minimum atomic E-state index is -0.264. The molecule has 2 aromatic rings. The number of benzene rings is 2. The van der Waals surface area contributed by atoms with Crippen molar-refractivity contribution in [3.05, 3.63) is 59.7 Å². The molecular weight excluding hydrogens is 496 g/mol. The van der Waals surface area contributed by atoms with Gasteiger partial charge in [0.05, 0.1) is 39.2 Å². The molecule has 1 saturated carbocycles. The average molecular weight is 535 g/mol. The van der Waals surface area contributed by atoms with Gasteiger partial charge in [0.2, 0.25) is 5.91 Å². The molecule has 0 aromatic heterocycles. The van der Waals surface area contributed by atoms with Gasteiger partial charge in [-0.15, -0.1) is 0 Å². The van der Waals surface area contributed by atoms with Gasteiger partial charge in [-0.2, -0.15) is 5.10 Å². The third-order valence-corrected chi connectivity index (χ3v) is 7.97. The second-order valence-electron chi connectivity index (χ2n) is 10.3. The summed E-state index contributed by atoms with van der Waals surface area (Å²) in [7, 11) is 3.27. The summed E-state index contributed by atoms with van der Waals surface area (Å²) in [5, 5.41) is 6.40. The van der Waals surface area contributed by atoms with Crippen LogP contribution in [0.2, 0.25) is 0 Å². The number of hydrazone groups is 1. The number of nitrogens with zero attached hydrogens (tertiary/aromatic N) is 4. The Balaban J connectivity index is 1.37. The molecule has 2 amide bonds. The molecular formula is C30H38N4O5. The van der Waals surface area contributed by atoms with Crippen LogP contribution in [0.25, 0.3) is 0 Å². The Hall–Kier alpha value is -3.43. The number of carbonyl (C=O) groups excluding carboxylic acids is 2. The van der Waals surface area contributed by atoms with Crippen molar-refractivity contribution in [3.63, 3.8) is 0 Å². The van der Waals surface area contributed by atoms with E-state index < -0.39 is 0 Å². The molecule has 1 aliphatic carbocycles. The van der Waals surface area contributed by atoms with Gasteiger partial charge in [0.1, 0.15) is 18.0 Å². The number of rotatable bonds is 10. The highest BCUT2D eigenvalue weighted by atomic mass is 16.5. The fourth-order valence-corrected chi connectivity index (χ4v) is 5.29. The lowest BCUT2D eigenvalue weighted by molar-refractivity contribution is -0.145. The quantitative estimate of drug-likeness (QED) is 0.465. The lowest BCUT2D eigenvalue weighted by Gasteiger charge is -2.34. The summed E-state index contributed by atoms with van der Waals surface area (Å²) in [5.41, 5.74) is 2.75. The van der Waals surface area contributed by atoms with Gasteiger partial charge in [0, 0.05) is 38.5 Å². The van der Waals surface area contributed by atoms with Gasteiger partial charge < -0.3 is 19.1 Å². The smallest absolute Gasteiger partial charge is 0.262 e. The summed E-state index contributed by atoms with van der Waals surface area (Å²) in [6.45, 7) is 4.38. The zero-order chi connectivity index (χ0) is 27.2. The zero-order valence-corrected chi connectivity index (χ0v) is 22.9. The van der Waals surface area contributed by atoms with E-state index >= 15 is 0 Å². The van der Waals surface area contributed by atoms with Crippen molar-refractivity contribution in [2.24, 2.45) is 11.0 Å². The molecule has 9 nitrogen and oxygen atoms in total. The van der Waals surface area contributed by atoms with Crippen LogP contribution in [-0.4, -0.2) is 92.5 Å². The van der Waals surface area contributed by atoms with Crippen LogP contribution in [0.4, 0.5) is 0 Å². The van der Waals surface area contributed by atoms with Crippen LogP contribution >= 0.6 is 0 Å². The Labute approximate surface area is 230 Å². The lowest BCUT2D eigenvalue weighted by Crippen LogP contribution is -2.49. The standard InChI is InChI=1S/C30H38N4O5/c1-37-25-10-6-22(7-11-25)27-20-28(23-8-12-26(38-2)13-9-23)34(31-27)29(35)21-33(30(36)24-4-3-5-24)15-14-32-16-18-39-19-17-32/h6-13,24,28H,3-5,14-21H2,1-2H3/t28-/m0/s1. The number of hydrogen-bond donors (Lipinski definition) is 0. The van der Waals surface area contributed by atoms with Gasteiger partial charge in [0.15, 0.2) is 0 Å². The Morgan fingerprint density at radius 2 is 1.62 bits per heavy atom. The molecule has 0 N–H and O–H groups in total. The number of morpholine rings is 1. The molecule has 5 rings (SSSR count). The minimum absolute atomic E-state index is 0.0196. The predicted molar refractivity (Wildman–Crippen MR) is 148 cm³/mol. The molecule has 2 aliphatic heterocycles. The van der Waals surface area contributed by atoms with E-state index in [-0.39, 0.29) is 30.3 Å². The van der Waals surface area contributed by atoms with Gasteiger partial charge in [-0.25, -0.2) is 5.01 Å². The number of hydrogen-bond acceptors (Lipinski definition) is 7. The van der Waals surface area contributed by atoms with Crippen molar-refractivity contribution in [1.29, 1.82) is 0 Å². The van der Waals surface area contributed by atoms with Crippen LogP contribution in [0.1, 0.15) is 42.9 Å². The molecule has 2 aromatic carbocycles. The number of carbonyl (C=O) groups is 2. The van der Waals surface area contributed by atoms with E-state index in [2.05, 4.69) is 4.90 Å². The topological polar surface area (TPSA) is 83.9 Å². The molecule has 3 aliphatic rings. The van der Waals surface area contributed by atoms with Gasteiger partial charge in [-0.05, 0) is 60.4 Å². The Morgan fingerprint density at radius 3 is 2.21 bits per heavy atom. The highest BCUT2D eigenvalue weighted by molar-refractivity contribution is 6.03. The summed E-state index contributed by atoms with van der Waals surface area (Å²) in [5.74, 6) is 1.46. The largest absolute Gasteiger partial charge is 0.497 e. The van der Waals surface area contributed by atoms with Crippen molar-refractivity contribution in [1.82, 2.24) is 14.8 Å². The molecule has 0 bridgehead atoms. The van der Waals surface area contributed by atoms with E-state index in [0.29, 0.717) is 26.2 Å². The van der Waals surface area contributed by atoms with Crippen LogP contribution in [0.15, 0.2) is 53.6 Å². The maximum absolute atomic E-state index is 13.9. The van der Waals surface area contributed by atoms with Crippen LogP contribution in [0.5, 0.6) is 11.5 Å². The van der Waals surface area contributed by atoms with Gasteiger partial charge in [-0.1, -0.05) is 18.6 Å². The van der Waals surface area contributed by atoms with E-state index in [0.717, 1.165) is 67.2 Å². The van der Waals surface area contributed by atoms with Crippen molar-refractivity contribution in [2.75, 3.05) is 60.2 Å².